The van der Waals surface area contributed by atoms with Crippen molar-refractivity contribution < 1.29 is 0 Å². The first-order chi connectivity index (χ1) is 6.80. The fourth-order valence-corrected chi connectivity index (χ4v) is 1.63. The van der Waals surface area contributed by atoms with Crippen molar-refractivity contribution in [1.82, 2.24) is 0 Å². The summed E-state index contributed by atoms with van der Waals surface area (Å²) in [5.41, 5.74) is 2.56. The number of hydrazone groups is 1. The van der Waals surface area contributed by atoms with Crippen LogP contribution in [0.5, 0.6) is 0 Å². The van der Waals surface area contributed by atoms with E-state index in [0.717, 1.165) is 17.7 Å². The molecule has 0 amide bonds. The first-order valence-corrected chi connectivity index (χ1v) is 5.44. The maximum Gasteiger partial charge on any atom is 0.0638 e. The van der Waals surface area contributed by atoms with E-state index >= 15 is 0 Å². The van der Waals surface area contributed by atoms with Crippen molar-refractivity contribution >= 4 is 5.71 Å². The molecule has 0 saturated heterocycles. The van der Waals surface area contributed by atoms with Crippen molar-refractivity contribution in [3.05, 3.63) is 23.8 Å². The first kappa shape index (κ1) is 12.0. The summed E-state index contributed by atoms with van der Waals surface area (Å²) in [7, 11) is 0. The van der Waals surface area contributed by atoms with E-state index < -0.39 is 0 Å². The minimum atomic E-state index is 0.228. The fourth-order valence-electron chi connectivity index (χ4n) is 1.63. The van der Waals surface area contributed by atoms with Crippen LogP contribution in [0.2, 0.25) is 0 Å². The molecule has 0 radical (unpaired) electrons. The van der Waals surface area contributed by atoms with Crippen molar-refractivity contribution in [3.63, 3.8) is 0 Å². The van der Waals surface area contributed by atoms with Crippen LogP contribution < -0.4 is 5.84 Å². The molecule has 1 aliphatic carbocycles. The molecule has 2 N–H and O–H groups in total. The summed E-state index contributed by atoms with van der Waals surface area (Å²) in [6, 6.07) is 0. The van der Waals surface area contributed by atoms with Gasteiger partial charge < -0.3 is 5.84 Å². The Kier molecular flexibility index (Phi) is 3.08. The molecular weight excluding hydrogens is 184 g/mol. The lowest BCUT2D eigenvalue weighted by Crippen LogP contribution is -2.31. The summed E-state index contributed by atoms with van der Waals surface area (Å²) in [4.78, 5) is 0. The van der Waals surface area contributed by atoms with Crippen LogP contribution in [-0.4, -0.2) is 5.71 Å². The predicted molar refractivity (Wildman–Crippen MR) is 66.7 cm³/mol. The zero-order chi connectivity index (χ0) is 11.7. The molecule has 2 nitrogen and oxygen atoms in total. The highest BCUT2D eigenvalue weighted by Gasteiger charge is 2.35. The van der Waals surface area contributed by atoms with Crippen LogP contribution in [-0.2, 0) is 0 Å². The normalized spacial score (nSPS) is 27.8. The molecule has 1 aliphatic rings. The Balaban J connectivity index is 2.89. The smallest absolute Gasteiger partial charge is 0.0638 e. The second-order valence-electron chi connectivity index (χ2n) is 5.58. The van der Waals surface area contributed by atoms with Crippen LogP contribution in [0.3, 0.4) is 0 Å². The van der Waals surface area contributed by atoms with E-state index in [1.54, 1.807) is 0 Å². The van der Waals surface area contributed by atoms with Crippen LogP contribution in [0.25, 0.3) is 0 Å². The molecule has 0 bridgehead atoms. The highest BCUT2D eigenvalue weighted by atomic mass is 15.1. The molecule has 0 saturated carbocycles. The van der Waals surface area contributed by atoms with Gasteiger partial charge in [-0.1, -0.05) is 45.9 Å². The molecule has 1 rings (SSSR count). The molecule has 1 atom stereocenters. The molecule has 2 heteroatoms. The quantitative estimate of drug-likeness (QED) is 0.399. The number of hydrogen-bond acceptors (Lipinski definition) is 2. The Bertz CT molecular complexity index is 329. The van der Waals surface area contributed by atoms with Crippen molar-refractivity contribution in [2.24, 2.45) is 21.8 Å². The van der Waals surface area contributed by atoms with Gasteiger partial charge in [0.05, 0.1) is 5.71 Å². The molecule has 0 aromatic heterocycles. The van der Waals surface area contributed by atoms with E-state index in [0.29, 0.717) is 0 Å². The second-order valence-corrected chi connectivity index (χ2v) is 5.58. The molecule has 0 aromatic rings. The maximum absolute atomic E-state index is 5.27. The molecule has 0 fully saturated rings. The molecule has 0 aromatic carbocycles. The van der Waals surface area contributed by atoms with Gasteiger partial charge in [-0.3, -0.25) is 0 Å². The largest absolute Gasteiger partial charge is 0.323 e. The van der Waals surface area contributed by atoms with Crippen molar-refractivity contribution in [2.75, 3.05) is 0 Å². The summed E-state index contributed by atoms with van der Waals surface area (Å²) < 4.78 is 0. The van der Waals surface area contributed by atoms with Gasteiger partial charge in [-0.15, -0.1) is 0 Å². The van der Waals surface area contributed by atoms with Crippen LogP contribution >= 0.6 is 0 Å². The first-order valence-electron chi connectivity index (χ1n) is 5.44. The number of allylic oxidation sites excluding steroid dienone is 4. The fraction of sp³-hybridized carbons (Fsp3) is 0.615. The van der Waals surface area contributed by atoms with Gasteiger partial charge in [-0.25, -0.2) is 0 Å². The van der Waals surface area contributed by atoms with Gasteiger partial charge in [0.25, 0.3) is 0 Å². The lowest BCUT2D eigenvalue weighted by atomic mass is 9.64. The number of hydrogen-bond donors (Lipinski definition) is 1. The average molecular weight is 206 g/mol. The number of nitrogens with two attached hydrogens (primary N) is 1. The van der Waals surface area contributed by atoms with E-state index in [4.69, 9.17) is 5.84 Å². The summed E-state index contributed by atoms with van der Waals surface area (Å²) in [5.74, 6) is 5.27. The van der Waals surface area contributed by atoms with Crippen LogP contribution in [0.15, 0.2) is 28.9 Å². The van der Waals surface area contributed by atoms with Gasteiger partial charge >= 0.3 is 0 Å². The van der Waals surface area contributed by atoms with E-state index in [9.17, 15) is 0 Å². The van der Waals surface area contributed by atoms with Crippen molar-refractivity contribution in [1.29, 1.82) is 0 Å². The molecule has 1 unspecified atom stereocenters. The van der Waals surface area contributed by atoms with Crippen LogP contribution in [0.1, 0.15) is 41.0 Å². The topological polar surface area (TPSA) is 38.4 Å². The van der Waals surface area contributed by atoms with Gasteiger partial charge in [-0.05, 0) is 29.7 Å². The summed E-state index contributed by atoms with van der Waals surface area (Å²) in [6.45, 7) is 11.1. The number of rotatable bonds is 1. The van der Waals surface area contributed by atoms with Gasteiger partial charge in [0, 0.05) is 0 Å². The van der Waals surface area contributed by atoms with Crippen molar-refractivity contribution in [3.8, 4) is 0 Å². The molecule has 0 aliphatic heterocycles. The zero-order valence-corrected chi connectivity index (χ0v) is 10.5. The Morgan fingerprint density at radius 2 is 2.07 bits per heavy atom. The minimum absolute atomic E-state index is 0.228. The van der Waals surface area contributed by atoms with Crippen LogP contribution in [0.4, 0.5) is 0 Å². The highest BCUT2D eigenvalue weighted by Crippen LogP contribution is 2.45. The van der Waals surface area contributed by atoms with E-state index in [-0.39, 0.29) is 10.8 Å². The third-order valence-corrected chi connectivity index (χ3v) is 3.70. The molecular formula is C13H22N2. The predicted octanol–water partition coefficient (Wildman–Crippen LogP) is 3.26. The van der Waals surface area contributed by atoms with Crippen LogP contribution in [0, 0.1) is 10.8 Å². The Labute approximate surface area is 92.9 Å². The third-order valence-electron chi connectivity index (χ3n) is 3.70. The van der Waals surface area contributed by atoms with Gasteiger partial charge in [-0.2, -0.15) is 5.10 Å². The summed E-state index contributed by atoms with van der Waals surface area (Å²) in [5, 5.41) is 3.72. The van der Waals surface area contributed by atoms with E-state index in [2.05, 4.69) is 51.0 Å². The Hall–Kier alpha value is -1.05. The Morgan fingerprint density at radius 3 is 2.40 bits per heavy atom. The van der Waals surface area contributed by atoms with Crippen molar-refractivity contribution in [2.45, 2.75) is 41.0 Å². The second kappa shape index (κ2) is 3.84. The molecule has 0 heterocycles. The molecule has 15 heavy (non-hydrogen) atoms. The van der Waals surface area contributed by atoms with E-state index in [1.165, 1.54) is 0 Å². The highest BCUT2D eigenvalue weighted by molar-refractivity contribution is 6.00. The summed E-state index contributed by atoms with van der Waals surface area (Å²) >= 11 is 0. The van der Waals surface area contributed by atoms with E-state index in [1.807, 2.05) is 6.92 Å². The van der Waals surface area contributed by atoms with Gasteiger partial charge in [0.15, 0.2) is 0 Å². The lowest BCUT2D eigenvalue weighted by Gasteiger charge is -2.40. The molecule has 0 spiro atoms. The monoisotopic (exact) mass is 206 g/mol. The SMILES string of the molecule is C/C(=N\N)C1=CCC(C)(C(C)(C)C)C=C1. The Morgan fingerprint density at radius 1 is 1.47 bits per heavy atom. The minimum Gasteiger partial charge on any atom is -0.323 e. The third kappa shape index (κ3) is 2.31. The number of nitrogens with zero attached hydrogens (tertiary/aromatic N) is 1. The van der Waals surface area contributed by atoms with Gasteiger partial charge in [0.2, 0.25) is 0 Å². The zero-order valence-electron chi connectivity index (χ0n) is 10.5. The maximum atomic E-state index is 5.27. The lowest BCUT2D eigenvalue weighted by molar-refractivity contribution is 0.170. The standard InChI is InChI=1S/C13H22N2/c1-10(15-14)11-6-8-13(5,9-7-11)12(2,3)4/h6-8H,9,14H2,1-5H3/b15-10+. The molecule has 84 valence electrons. The van der Waals surface area contributed by atoms with Gasteiger partial charge in [0.1, 0.15) is 0 Å². The average Bonchev–Trinajstić information content (AvgIpc) is 2.16. The summed E-state index contributed by atoms with van der Waals surface area (Å²) in [6.07, 6.45) is 7.71.